The molecule has 0 heterocycles. The van der Waals surface area contributed by atoms with Crippen LogP contribution in [0.2, 0.25) is 5.02 Å². The van der Waals surface area contributed by atoms with Crippen molar-refractivity contribution < 1.29 is 18.0 Å². The van der Waals surface area contributed by atoms with Crippen LogP contribution < -0.4 is 9.62 Å². The van der Waals surface area contributed by atoms with Gasteiger partial charge in [0.15, 0.2) is 0 Å². The Bertz CT molecular complexity index is 1250. The molecular weight excluding hydrogens is 498 g/mol. The number of hydrogen-bond acceptors (Lipinski definition) is 4. The number of para-hydroxylation sites is 1. The van der Waals surface area contributed by atoms with Crippen LogP contribution in [-0.4, -0.2) is 50.8 Å². The fraction of sp³-hybridized carbons (Fsp3) is 0.259. The van der Waals surface area contributed by atoms with Crippen molar-refractivity contribution in [1.82, 2.24) is 10.2 Å². The minimum atomic E-state index is -4.10. The lowest BCUT2D eigenvalue weighted by Gasteiger charge is -2.32. The van der Waals surface area contributed by atoms with E-state index in [-0.39, 0.29) is 17.3 Å². The van der Waals surface area contributed by atoms with Crippen molar-refractivity contribution in [2.45, 2.75) is 31.2 Å². The summed E-state index contributed by atoms with van der Waals surface area (Å²) in [5, 5.41) is 3.15. The van der Waals surface area contributed by atoms with Gasteiger partial charge in [0, 0.05) is 18.1 Å². The number of sulfonamides is 1. The van der Waals surface area contributed by atoms with Crippen LogP contribution >= 0.6 is 11.6 Å². The third-order valence-corrected chi connectivity index (χ3v) is 7.77. The Hall–Kier alpha value is -3.36. The van der Waals surface area contributed by atoms with Crippen LogP contribution in [0.15, 0.2) is 89.8 Å². The normalized spacial score (nSPS) is 12.0. The van der Waals surface area contributed by atoms with Crippen LogP contribution in [0.1, 0.15) is 19.4 Å². The SMILES string of the molecule is CCNC(=O)C(C)N(CCc1ccccc1)C(=O)CN(c1ccccc1)S(=O)(=O)c1ccc(Cl)cc1. The summed E-state index contributed by atoms with van der Waals surface area (Å²) in [6, 6.07) is 23.0. The zero-order valence-corrected chi connectivity index (χ0v) is 21.9. The summed E-state index contributed by atoms with van der Waals surface area (Å²) in [4.78, 5) is 27.8. The number of nitrogens with one attached hydrogen (secondary N) is 1. The van der Waals surface area contributed by atoms with Crippen molar-refractivity contribution in [1.29, 1.82) is 0 Å². The zero-order chi connectivity index (χ0) is 26.1. The van der Waals surface area contributed by atoms with Crippen LogP contribution in [-0.2, 0) is 26.0 Å². The summed E-state index contributed by atoms with van der Waals surface area (Å²) < 4.78 is 28.3. The van der Waals surface area contributed by atoms with Gasteiger partial charge in [0.25, 0.3) is 10.0 Å². The lowest BCUT2D eigenvalue weighted by Crippen LogP contribution is -2.52. The average molecular weight is 528 g/mol. The minimum Gasteiger partial charge on any atom is -0.355 e. The summed E-state index contributed by atoms with van der Waals surface area (Å²) in [6.07, 6.45) is 0.519. The first-order valence-corrected chi connectivity index (χ1v) is 13.5. The van der Waals surface area contributed by atoms with Gasteiger partial charge in [-0.3, -0.25) is 13.9 Å². The van der Waals surface area contributed by atoms with Crippen LogP contribution in [0.3, 0.4) is 0 Å². The lowest BCUT2D eigenvalue weighted by atomic mass is 10.1. The second-order valence-corrected chi connectivity index (χ2v) is 10.5. The van der Waals surface area contributed by atoms with Gasteiger partial charge in [-0.2, -0.15) is 0 Å². The van der Waals surface area contributed by atoms with Crippen molar-refractivity contribution in [3.8, 4) is 0 Å². The summed E-state index contributed by atoms with van der Waals surface area (Å²) in [7, 11) is -4.10. The molecule has 0 aromatic heterocycles. The van der Waals surface area contributed by atoms with Crippen molar-refractivity contribution in [3.05, 3.63) is 95.5 Å². The van der Waals surface area contributed by atoms with Gasteiger partial charge in [0.1, 0.15) is 12.6 Å². The molecule has 1 atom stereocenters. The van der Waals surface area contributed by atoms with E-state index in [0.29, 0.717) is 23.7 Å². The Labute approximate surface area is 217 Å². The number of rotatable bonds is 11. The van der Waals surface area contributed by atoms with Gasteiger partial charge in [-0.1, -0.05) is 60.1 Å². The van der Waals surface area contributed by atoms with Gasteiger partial charge >= 0.3 is 0 Å². The maximum Gasteiger partial charge on any atom is 0.264 e. The Morgan fingerprint density at radius 2 is 1.50 bits per heavy atom. The van der Waals surface area contributed by atoms with E-state index in [4.69, 9.17) is 11.6 Å². The Morgan fingerprint density at radius 1 is 0.917 bits per heavy atom. The molecule has 2 amide bonds. The first-order valence-electron chi connectivity index (χ1n) is 11.7. The lowest BCUT2D eigenvalue weighted by molar-refractivity contribution is -0.138. The van der Waals surface area contributed by atoms with Gasteiger partial charge in [-0.15, -0.1) is 0 Å². The highest BCUT2D eigenvalue weighted by Gasteiger charge is 2.32. The molecule has 1 unspecified atom stereocenters. The molecular formula is C27H30ClN3O4S. The molecule has 0 saturated carbocycles. The molecule has 0 aliphatic rings. The van der Waals surface area contributed by atoms with E-state index in [1.807, 2.05) is 30.3 Å². The highest BCUT2D eigenvalue weighted by Crippen LogP contribution is 2.25. The van der Waals surface area contributed by atoms with Crippen LogP contribution in [0.4, 0.5) is 5.69 Å². The molecule has 190 valence electrons. The molecule has 1 N–H and O–H groups in total. The molecule has 0 spiro atoms. The van der Waals surface area contributed by atoms with Crippen molar-refractivity contribution >= 4 is 39.1 Å². The van der Waals surface area contributed by atoms with Crippen LogP contribution in [0, 0.1) is 0 Å². The molecule has 0 aliphatic carbocycles. The van der Waals surface area contributed by atoms with Crippen LogP contribution in [0.5, 0.6) is 0 Å². The van der Waals surface area contributed by atoms with Gasteiger partial charge in [-0.25, -0.2) is 8.42 Å². The number of anilines is 1. The van der Waals surface area contributed by atoms with E-state index in [1.165, 1.54) is 29.2 Å². The van der Waals surface area contributed by atoms with E-state index in [2.05, 4.69) is 5.32 Å². The maximum atomic E-state index is 13.6. The number of benzene rings is 3. The second kappa shape index (κ2) is 12.6. The molecule has 9 heteroatoms. The highest BCUT2D eigenvalue weighted by molar-refractivity contribution is 7.92. The van der Waals surface area contributed by atoms with Gasteiger partial charge < -0.3 is 10.2 Å². The third-order valence-electron chi connectivity index (χ3n) is 5.73. The first-order chi connectivity index (χ1) is 17.2. The minimum absolute atomic E-state index is 0.0103. The fourth-order valence-corrected chi connectivity index (χ4v) is 5.29. The van der Waals surface area contributed by atoms with Crippen molar-refractivity contribution in [2.24, 2.45) is 0 Å². The molecule has 3 aromatic carbocycles. The molecule has 36 heavy (non-hydrogen) atoms. The second-order valence-electron chi connectivity index (χ2n) is 8.19. The van der Waals surface area contributed by atoms with E-state index in [0.717, 1.165) is 9.87 Å². The molecule has 3 rings (SSSR count). The molecule has 0 fully saturated rings. The van der Waals surface area contributed by atoms with Gasteiger partial charge in [-0.05, 0) is 62.2 Å². The summed E-state index contributed by atoms with van der Waals surface area (Å²) in [6.45, 7) is 3.66. The molecule has 7 nitrogen and oxygen atoms in total. The number of nitrogens with zero attached hydrogens (tertiary/aromatic N) is 2. The van der Waals surface area contributed by atoms with Gasteiger partial charge in [0.2, 0.25) is 11.8 Å². The molecule has 0 bridgehead atoms. The summed E-state index contributed by atoms with van der Waals surface area (Å²) in [5.41, 5.74) is 1.35. The average Bonchev–Trinajstić information content (AvgIpc) is 2.88. The Kier molecular flexibility index (Phi) is 9.50. The summed E-state index contributed by atoms with van der Waals surface area (Å²) in [5.74, 6) is -0.781. The van der Waals surface area contributed by atoms with Crippen LogP contribution in [0.25, 0.3) is 0 Å². The number of likely N-dealkylation sites (N-methyl/N-ethyl adjacent to an activating group) is 1. The van der Waals surface area contributed by atoms with Crippen molar-refractivity contribution in [3.63, 3.8) is 0 Å². The predicted molar refractivity (Wildman–Crippen MR) is 142 cm³/mol. The summed E-state index contributed by atoms with van der Waals surface area (Å²) >= 11 is 5.95. The smallest absolute Gasteiger partial charge is 0.264 e. The highest BCUT2D eigenvalue weighted by atomic mass is 35.5. The molecule has 0 radical (unpaired) electrons. The maximum absolute atomic E-state index is 13.6. The number of carbonyl (C=O) groups is 2. The molecule has 0 aliphatic heterocycles. The quantitative estimate of drug-likeness (QED) is 0.406. The molecule has 3 aromatic rings. The standard InChI is InChI=1S/C27H30ClN3O4S/c1-3-29-27(33)21(2)30(19-18-22-10-6-4-7-11-22)26(32)20-31(24-12-8-5-9-13-24)36(34,35)25-16-14-23(28)15-17-25/h4-17,21H,3,18-20H2,1-2H3,(H,29,33). The van der Waals surface area contributed by atoms with Crippen molar-refractivity contribution in [2.75, 3.05) is 23.9 Å². The number of amides is 2. The third kappa shape index (κ3) is 6.86. The Morgan fingerprint density at radius 3 is 2.08 bits per heavy atom. The molecule has 0 saturated heterocycles. The fourth-order valence-electron chi connectivity index (χ4n) is 3.75. The number of hydrogen-bond donors (Lipinski definition) is 1. The zero-order valence-electron chi connectivity index (χ0n) is 20.3. The largest absolute Gasteiger partial charge is 0.355 e. The van der Waals surface area contributed by atoms with E-state index < -0.39 is 28.5 Å². The Balaban J connectivity index is 1.94. The first kappa shape index (κ1) is 27.2. The topological polar surface area (TPSA) is 86.8 Å². The number of carbonyl (C=O) groups excluding carboxylic acids is 2. The van der Waals surface area contributed by atoms with E-state index in [1.54, 1.807) is 44.2 Å². The number of halogens is 1. The van der Waals surface area contributed by atoms with Gasteiger partial charge in [0.05, 0.1) is 10.6 Å². The monoisotopic (exact) mass is 527 g/mol. The predicted octanol–water partition coefficient (Wildman–Crippen LogP) is 4.13. The van der Waals surface area contributed by atoms with E-state index >= 15 is 0 Å². The van der Waals surface area contributed by atoms with E-state index in [9.17, 15) is 18.0 Å².